The molecule has 3 heteroatoms. The molecule has 0 atom stereocenters. The topological polar surface area (TPSA) is 44.5 Å². The van der Waals surface area contributed by atoms with Crippen LogP contribution in [0.15, 0.2) is 42.5 Å². The molecule has 0 aliphatic heterocycles. The first-order valence-corrected chi connectivity index (χ1v) is 6.29. The van der Waals surface area contributed by atoms with Crippen molar-refractivity contribution in [1.82, 2.24) is 0 Å². The lowest BCUT2D eigenvalue weighted by Gasteiger charge is -2.11. The van der Waals surface area contributed by atoms with Crippen LogP contribution >= 0.6 is 0 Å². The van der Waals surface area contributed by atoms with Crippen LogP contribution in [0, 0.1) is 6.92 Å². The summed E-state index contributed by atoms with van der Waals surface area (Å²) in [6.07, 6.45) is 0. The molecule has 0 amide bonds. The van der Waals surface area contributed by atoms with Crippen LogP contribution in [0.25, 0.3) is 0 Å². The summed E-state index contributed by atoms with van der Waals surface area (Å²) in [6.45, 7) is 3.03. The van der Waals surface area contributed by atoms with Gasteiger partial charge in [0, 0.05) is 12.1 Å². The molecule has 0 saturated heterocycles. The van der Waals surface area contributed by atoms with Crippen molar-refractivity contribution >= 4 is 0 Å². The number of nitrogens with two attached hydrogens (primary N) is 1. The Bertz CT molecular complexity index is 552. The molecule has 19 heavy (non-hydrogen) atoms. The fraction of sp³-hybridized carbons (Fsp3) is 0.250. The van der Waals surface area contributed by atoms with Crippen LogP contribution in [0.5, 0.6) is 11.5 Å². The van der Waals surface area contributed by atoms with E-state index in [1.807, 2.05) is 49.4 Å². The number of methoxy groups -OCH3 is 1. The van der Waals surface area contributed by atoms with Gasteiger partial charge in [-0.15, -0.1) is 0 Å². The van der Waals surface area contributed by atoms with Crippen LogP contribution in [0.1, 0.15) is 16.7 Å². The van der Waals surface area contributed by atoms with E-state index in [-0.39, 0.29) is 0 Å². The predicted molar refractivity (Wildman–Crippen MR) is 76.4 cm³/mol. The monoisotopic (exact) mass is 257 g/mol. The summed E-state index contributed by atoms with van der Waals surface area (Å²) >= 11 is 0. The fourth-order valence-electron chi connectivity index (χ4n) is 1.93. The van der Waals surface area contributed by atoms with Gasteiger partial charge in [0.05, 0.1) is 7.11 Å². The maximum absolute atomic E-state index is 5.81. The SMILES string of the molecule is COc1cc(COc2ccccc2C)ccc1CN. The maximum Gasteiger partial charge on any atom is 0.123 e. The number of aryl methyl sites for hydroxylation is 1. The van der Waals surface area contributed by atoms with Crippen molar-refractivity contribution in [1.29, 1.82) is 0 Å². The van der Waals surface area contributed by atoms with Gasteiger partial charge in [-0.05, 0) is 30.2 Å². The largest absolute Gasteiger partial charge is 0.496 e. The molecule has 0 unspecified atom stereocenters. The van der Waals surface area contributed by atoms with E-state index in [9.17, 15) is 0 Å². The van der Waals surface area contributed by atoms with Crippen molar-refractivity contribution in [3.8, 4) is 11.5 Å². The summed E-state index contributed by atoms with van der Waals surface area (Å²) in [7, 11) is 1.65. The Balaban J connectivity index is 2.10. The number of ether oxygens (including phenoxy) is 2. The highest BCUT2D eigenvalue weighted by atomic mass is 16.5. The van der Waals surface area contributed by atoms with Gasteiger partial charge in [0.15, 0.2) is 0 Å². The van der Waals surface area contributed by atoms with Gasteiger partial charge >= 0.3 is 0 Å². The number of benzene rings is 2. The molecule has 2 N–H and O–H groups in total. The summed E-state index contributed by atoms with van der Waals surface area (Å²) in [5.74, 6) is 1.72. The Kier molecular flexibility index (Phi) is 4.42. The molecule has 100 valence electrons. The molecule has 2 aromatic rings. The average molecular weight is 257 g/mol. The molecular formula is C16H19NO2. The quantitative estimate of drug-likeness (QED) is 0.895. The first kappa shape index (κ1) is 13.4. The smallest absolute Gasteiger partial charge is 0.123 e. The van der Waals surface area contributed by atoms with Gasteiger partial charge in [0.25, 0.3) is 0 Å². The number of rotatable bonds is 5. The molecule has 0 fully saturated rings. The van der Waals surface area contributed by atoms with E-state index < -0.39 is 0 Å². The van der Waals surface area contributed by atoms with Gasteiger partial charge in [-0.3, -0.25) is 0 Å². The highest BCUT2D eigenvalue weighted by Gasteiger charge is 2.04. The van der Waals surface area contributed by atoms with E-state index in [0.29, 0.717) is 13.2 Å². The van der Waals surface area contributed by atoms with Crippen molar-refractivity contribution in [2.45, 2.75) is 20.1 Å². The van der Waals surface area contributed by atoms with Crippen LogP contribution in [0.3, 0.4) is 0 Å². The standard InChI is InChI=1S/C16H19NO2/c1-12-5-3-4-6-15(12)19-11-13-7-8-14(10-17)16(9-13)18-2/h3-9H,10-11,17H2,1-2H3. The molecule has 0 heterocycles. The van der Waals surface area contributed by atoms with Crippen molar-refractivity contribution in [2.24, 2.45) is 5.73 Å². The third-order valence-corrected chi connectivity index (χ3v) is 3.06. The van der Waals surface area contributed by atoms with Crippen LogP contribution in [0.4, 0.5) is 0 Å². The molecule has 3 nitrogen and oxygen atoms in total. The summed E-state index contributed by atoms with van der Waals surface area (Å²) in [5, 5.41) is 0. The minimum Gasteiger partial charge on any atom is -0.496 e. The minimum atomic E-state index is 0.474. The molecule has 0 bridgehead atoms. The minimum absolute atomic E-state index is 0.474. The van der Waals surface area contributed by atoms with Crippen LogP contribution in [-0.4, -0.2) is 7.11 Å². The van der Waals surface area contributed by atoms with Gasteiger partial charge in [0.2, 0.25) is 0 Å². The normalized spacial score (nSPS) is 10.3. The van der Waals surface area contributed by atoms with Crippen molar-refractivity contribution in [3.05, 3.63) is 59.2 Å². The van der Waals surface area contributed by atoms with Crippen molar-refractivity contribution in [3.63, 3.8) is 0 Å². The summed E-state index contributed by atoms with van der Waals surface area (Å²) < 4.78 is 11.1. The van der Waals surface area contributed by atoms with E-state index in [0.717, 1.165) is 28.2 Å². The maximum atomic E-state index is 5.81. The number of para-hydroxylation sites is 1. The zero-order valence-corrected chi connectivity index (χ0v) is 11.3. The first-order chi connectivity index (χ1) is 9.24. The van der Waals surface area contributed by atoms with Gasteiger partial charge in [-0.2, -0.15) is 0 Å². The third-order valence-electron chi connectivity index (χ3n) is 3.06. The second-order valence-electron chi connectivity index (χ2n) is 4.40. The van der Waals surface area contributed by atoms with E-state index in [1.165, 1.54) is 0 Å². The van der Waals surface area contributed by atoms with Crippen LogP contribution in [0.2, 0.25) is 0 Å². The summed E-state index contributed by atoms with van der Waals surface area (Å²) in [4.78, 5) is 0. The Morgan fingerprint density at radius 2 is 1.84 bits per heavy atom. The van der Waals surface area contributed by atoms with E-state index in [2.05, 4.69) is 0 Å². The fourth-order valence-corrected chi connectivity index (χ4v) is 1.93. The molecule has 0 aromatic heterocycles. The molecule has 0 aliphatic carbocycles. The second kappa shape index (κ2) is 6.25. The molecule has 0 aliphatic rings. The van der Waals surface area contributed by atoms with Gasteiger partial charge in [-0.1, -0.05) is 30.3 Å². The van der Waals surface area contributed by atoms with E-state index in [1.54, 1.807) is 7.11 Å². The third kappa shape index (κ3) is 3.26. The highest BCUT2D eigenvalue weighted by molar-refractivity contribution is 5.38. The lowest BCUT2D eigenvalue weighted by Crippen LogP contribution is -2.02. The molecule has 0 saturated carbocycles. The highest BCUT2D eigenvalue weighted by Crippen LogP contribution is 2.22. The lowest BCUT2D eigenvalue weighted by molar-refractivity contribution is 0.303. The Hall–Kier alpha value is -2.00. The van der Waals surface area contributed by atoms with Crippen molar-refractivity contribution in [2.75, 3.05) is 7.11 Å². The van der Waals surface area contributed by atoms with Crippen LogP contribution < -0.4 is 15.2 Å². The first-order valence-electron chi connectivity index (χ1n) is 6.29. The molecule has 0 spiro atoms. The Labute approximate surface area is 114 Å². The number of hydrogen-bond donors (Lipinski definition) is 1. The Morgan fingerprint density at radius 1 is 1.05 bits per heavy atom. The zero-order valence-electron chi connectivity index (χ0n) is 11.3. The predicted octanol–water partition coefficient (Wildman–Crippen LogP) is 3.04. The lowest BCUT2D eigenvalue weighted by atomic mass is 10.1. The van der Waals surface area contributed by atoms with Gasteiger partial charge in [0.1, 0.15) is 18.1 Å². The van der Waals surface area contributed by atoms with Crippen molar-refractivity contribution < 1.29 is 9.47 Å². The molecule has 0 radical (unpaired) electrons. The average Bonchev–Trinajstić information content (AvgIpc) is 2.46. The van der Waals surface area contributed by atoms with Gasteiger partial charge in [-0.25, -0.2) is 0 Å². The van der Waals surface area contributed by atoms with Gasteiger partial charge < -0.3 is 15.2 Å². The van der Waals surface area contributed by atoms with E-state index >= 15 is 0 Å². The summed E-state index contributed by atoms with van der Waals surface area (Å²) in [5.41, 5.74) is 8.85. The number of hydrogen-bond acceptors (Lipinski definition) is 3. The second-order valence-corrected chi connectivity index (χ2v) is 4.40. The van der Waals surface area contributed by atoms with E-state index in [4.69, 9.17) is 15.2 Å². The Morgan fingerprint density at radius 3 is 2.53 bits per heavy atom. The molecule has 2 aromatic carbocycles. The van der Waals surface area contributed by atoms with Crippen LogP contribution in [-0.2, 0) is 13.2 Å². The molecule has 2 rings (SSSR count). The zero-order chi connectivity index (χ0) is 13.7. The molecular weight excluding hydrogens is 238 g/mol. The summed E-state index contributed by atoms with van der Waals surface area (Å²) in [6, 6.07) is 14.0.